The van der Waals surface area contributed by atoms with Crippen LogP contribution in [0.4, 0.5) is 5.82 Å². The summed E-state index contributed by atoms with van der Waals surface area (Å²) in [5.74, 6) is 2.14. The molecule has 0 radical (unpaired) electrons. The zero-order valence-corrected chi connectivity index (χ0v) is 14.1. The van der Waals surface area contributed by atoms with E-state index in [1.807, 2.05) is 6.33 Å². The molecular weight excluding hydrogens is 302 g/mol. The first-order chi connectivity index (χ1) is 11.8. The second-order valence-corrected chi connectivity index (χ2v) is 7.39. The third kappa shape index (κ3) is 2.47. The lowest BCUT2D eigenvalue weighted by atomic mass is 10.1. The lowest BCUT2D eigenvalue weighted by Crippen LogP contribution is -2.58. The van der Waals surface area contributed by atoms with Gasteiger partial charge in [0.15, 0.2) is 5.82 Å². The number of nitrogens with zero attached hydrogens (tertiary/aromatic N) is 7. The fourth-order valence-electron chi connectivity index (χ4n) is 3.78. The van der Waals surface area contributed by atoms with E-state index < -0.39 is 0 Å². The van der Waals surface area contributed by atoms with Gasteiger partial charge in [-0.15, -0.1) is 15.3 Å². The van der Waals surface area contributed by atoms with Gasteiger partial charge >= 0.3 is 0 Å². The molecule has 0 N–H and O–H groups in total. The summed E-state index contributed by atoms with van der Waals surface area (Å²) in [7, 11) is 2.18. The van der Waals surface area contributed by atoms with E-state index in [0.717, 1.165) is 44.1 Å². The number of fused-ring (bicyclic) bond motifs is 1. The summed E-state index contributed by atoms with van der Waals surface area (Å²) in [5, 5.41) is 17.2. The number of anilines is 1. The third-order valence-electron chi connectivity index (χ3n) is 5.59. The predicted octanol–water partition coefficient (Wildman–Crippen LogP) is 1.21. The van der Waals surface area contributed by atoms with Crippen molar-refractivity contribution < 1.29 is 0 Å². The first-order valence-corrected chi connectivity index (χ1v) is 8.97. The zero-order valence-electron chi connectivity index (χ0n) is 14.1. The fraction of sp³-hybridized carbons (Fsp3) is 0.647. The van der Waals surface area contributed by atoms with Crippen molar-refractivity contribution in [3.63, 3.8) is 0 Å². The van der Waals surface area contributed by atoms with Crippen LogP contribution in [0, 0.1) is 0 Å². The Bertz CT molecular complexity index is 745. The van der Waals surface area contributed by atoms with Crippen molar-refractivity contribution in [3.05, 3.63) is 29.5 Å². The van der Waals surface area contributed by atoms with Crippen molar-refractivity contribution >= 4 is 5.82 Å². The molecule has 2 aromatic heterocycles. The van der Waals surface area contributed by atoms with Crippen molar-refractivity contribution in [2.75, 3.05) is 25.0 Å². The Morgan fingerprint density at radius 1 is 1.17 bits per heavy atom. The van der Waals surface area contributed by atoms with Crippen LogP contribution in [0.25, 0.3) is 0 Å². The molecule has 7 nitrogen and oxygen atoms in total. The number of aryl methyl sites for hydroxylation is 2. The summed E-state index contributed by atoms with van der Waals surface area (Å²) < 4.78 is 2.25. The number of hydrogen-bond acceptors (Lipinski definition) is 6. The van der Waals surface area contributed by atoms with Gasteiger partial charge in [0.05, 0.1) is 12.2 Å². The summed E-state index contributed by atoms with van der Waals surface area (Å²) in [4.78, 5) is 4.72. The molecule has 2 aromatic rings. The van der Waals surface area contributed by atoms with Crippen LogP contribution in [0.2, 0.25) is 0 Å². The maximum absolute atomic E-state index is 4.42. The van der Waals surface area contributed by atoms with Gasteiger partial charge in [0.25, 0.3) is 0 Å². The van der Waals surface area contributed by atoms with Crippen LogP contribution in [0.5, 0.6) is 0 Å². The van der Waals surface area contributed by atoms with E-state index in [2.05, 4.69) is 47.9 Å². The summed E-state index contributed by atoms with van der Waals surface area (Å²) >= 11 is 0. The Kier molecular flexibility index (Phi) is 3.29. The van der Waals surface area contributed by atoms with Gasteiger partial charge in [0.2, 0.25) is 0 Å². The molecule has 0 amide bonds. The van der Waals surface area contributed by atoms with E-state index >= 15 is 0 Å². The number of rotatable bonds is 5. The fourth-order valence-corrected chi connectivity index (χ4v) is 3.78. The molecule has 0 atom stereocenters. The molecule has 7 heteroatoms. The summed E-state index contributed by atoms with van der Waals surface area (Å²) in [6.07, 6.45) is 7.89. The van der Waals surface area contributed by atoms with E-state index in [1.54, 1.807) is 0 Å². The molecule has 1 saturated heterocycles. The Morgan fingerprint density at radius 2 is 2.04 bits per heavy atom. The molecule has 0 bridgehead atoms. The van der Waals surface area contributed by atoms with Gasteiger partial charge in [-0.2, -0.15) is 5.10 Å². The summed E-state index contributed by atoms with van der Waals surface area (Å²) in [6, 6.07) is 3.43. The molecule has 2 aliphatic carbocycles. The Hall–Kier alpha value is -2.02. The zero-order chi connectivity index (χ0) is 16.1. The van der Waals surface area contributed by atoms with Gasteiger partial charge in [0, 0.05) is 25.2 Å². The minimum Gasteiger partial charge on any atom is -0.352 e. The lowest BCUT2D eigenvalue weighted by molar-refractivity contribution is 0.190. The van der Waals surface area contributed by atoms with Crippen molar-refractivity contribution in [2.24, 2.45) is 0 Å². The smallest absolute Gasteiger partial charge is 0.151 e. The van der Waals surface area contributed by atoms with Crippen LogP contribution >= 0.6 is 0 Å². The van der Waals surface area contributed by atoms with Crippen molar-refractivity contribution in [1.29, 1.82) is 0 Å². The van der Waals surface area contributed by atoms with E-state index in [4.69, 9.17) is 0 Å². The highest BCUT2D eigenvalue weighted by Gasteiger charge is 2.33. The van der Waals surface area contributed by atoms with Crippen molar-refractivity contribution in [2.45, 2.75) is 50.7 Å². The molecule has 2 fully saturated rings. The summed E-state index contributed by atoms with van der Waals surface area (Å²) in [5.41, 5.74) is 2.60. The quantitative estimate of drug-likeness (QED) is 0.823. The van der Waals surface area contributed by atoms with Gasteiger partial charge in [-0.05, 0) is 50.8 Å². The Morgan fingerprint density at radius 3 is 2.88 bits per heavy atom. The number of likely N-dealkylation sites (N-methyl/N-ethyl adjacent to an activating group) is 1. The van der Waals surface area contributed by atoms with Crippen LogP contribution in [0.1, 0.15) is 42.4 Å². The van der Waals surface area contributed by atoms with Gasteiger partial charge in [-0.1, -0.05) is 0 Å². The SMILES string of the molecule is CN(Cc1nncn1C1CC1)C1CN(c2cc3c(nn2)CCC3)C1. The van der Waals surface area contributed by atoms with E-state index in [1.165, 1.54) is 30.5 Å². The maximum Gasteiger partial charge on any atom is 0.151 e. The normalized spacial score (nSPS) is 20.5. The predicted molar refractivity (Wildman–Crippen MR) is 89.8 cm³/mol. The molecule has 126 valence electrons. The summed E-state index contributed by atoms with van der Waals surface area (Å²) in [6.45, 7) is 2.90. The van der Waals surface area contributed by atoms with Crippen molar-refractivity contribution in [1.82, 2.24) is 29.9 Å². The van der Waals surface area contributed by atoms with Crippen LogP contribution in [0.15, 0.2) is 12.4 Å². The van der Waals surface area contributed by atoms with E-state index in [0.29, 0.717) is 12.1 Å². The third-order valence-corrected chi connectivity index (χ3v) is 5.59. The molecule has 0 spiro atoms. The highest BCUT2D eigenvalue weighted by molar-refractivity contribution is 5.45. The molecule has 3 heterocycles. The van der Waals surface area contributed by atoms with Gasteiger partial charge in [-0.25, -0.2) is 0 Å². The minimum absolute atomic E-state index is 0.546. The van der Waals surface area contributed by atoms with Crippen molar-refractivity contribution in [3.8, 4) is 0 Å². The first-order valence-electron chi connectivity index (χ1n) is 8.97. The number of hydrogen-bond donors (Lipinski definition) is 0. The largest absolute Gasteiger partial charge is 0.352 e. The Labute approximate surface area is 141 Å². The maximum atomic E-state index is 4.42. The lowest BCUT2D eigenvalue weighted by Gasteiger charge is -2.44. The average Bonchev–Trinajstić information content (AvgIpc) is 3.09. The highest BCUT2D eigenvalue weighted by Crippen LogP contribution is 2.35. The molecule has 1 saturated carbocycles. The molecule has 3 aliphatic rings. The minimum atomic E-state index is 0.546. The molecular formula is C17H23N7. The van der Waals surface area contributed by atoms with Gasteiger partial charge in [0.1, 0.15) is 12.2 Å². The van der Waals surface area contributed by atoms with Gasteiger partial charge < -0.3 is 9.47 Å². The van der Waals surface area contributed by atoms with Crippen LogP contribution in [-0.2, 0) is 19.4 Å². The monoisotopic (exact) mass is 325 g/mol. The highest BCUT2D eigenvalue weighted by atomic mass is 15.4. The number of aromatic nitrogens is 5. The second-order valence-electron chi connectivity index (χ2n) is 7.39. The molecule has 24 heavy (non-hydrogen) atoms. The van der Waals surface area contributed by atoms with Crippen LogP contribution < -0.4 is 4.90 Å². The molecule has 1 aliphatic heterocycles. The molecule has 0 unspecified atom stereocenters. The standard InChI is InChI=1S/C17H23N7/c1-22(10-17-20-18-11-24(17)13-5-6-13)14-8-23(9-14)16-7-12-3-2-4-15(12)19-21-16/h7,11,13-14H,2-6,8-10H2,1H3. The average molecular weight is 325 g/mol. The first kappa shape index (κ1) is 14.3. The van der Waals surface area contributed by atoms with Crippen LogP contribution in [0.3, 0.4) is 0 Å². The topological polar surface area (TPSA) is 63.0 Å². The molecule has 5 rings (SSSR count). The second kappa shape index (κ2) is 5.51. The van der Waals surface area contributed by atoms with Crippen LogP contribution in [-0.4, -0.2) is 56.0 Å². The van der Waals surface area contributed by atoms with E-state index in [9.17, 15) is 0 Å². The van der Waals surface area contributed by atoms with Gasteiger partial charge in [-0.3, -0.25) is 4.90 Å². The van der Waals surface area contributed by atoms with E-state index in [-0.39, 0.29) is 0 Å². The Balaban J connectivity index is 1.20. The molecule has 0 aromatic carbocycles.